The normalized spacial score (nSPS) is 16.6. The number of carbonyl (C=O) groups is 1. The lowest BCUT2D eigenvalue weighted by atomic mass is 10.0. The topological polar surface area (TPSA) is 88.2 Å². The molecule has 0 fully saturated rings. The minimum atomic E-state index is -0.0839. The monoisotopic (exact) mass is 344 g/mol. The van der Waals surface area contributed by atoms with Crippen LogP contribution in [0.5, 0.6) is 0 Å². The van der Waals surface area contributed by atoms with Crippen LogP contribution in [0.25, 0.3) is 0 Å². The number of hydrogen-bond acceptors (Lipinski definition) is 5. The number of aromatic nitrogens is 4. The quantitative estimate of drug-likeness (QED) is 0.797. The van der Waals surface area contributed by atoms with E-state index in [1.165, 1.54) is 5.69 Å². The fourth-order valence-electron chi connectivity index (χ4n) is 3.78. The third-order valence-electron chi connectivity index (χ3n) is 5.14. The van der Waals surface area contributed by atoms with Crippen molar-refractivity contribution in [2.75, 3.05) is 13.1 Å². The maximum Gasteiger partial charge on any atom is 0.223 e. The van der Waals surface area contributed by atoms with E-state index in [0.29, 0.717) is 31.6 Å². The Labute approximate surface area is 146 Å². The highest BCUT2D eigenvalue weighted by atomic mass is 16.3. The van der Waals surface area contributed by atoms with Crippen molar-refractivity contribution in [3.8, 4) is 0 Å². The van der Waals surface area contributed by atoms with Gasteiger partial charge in [0.2, 0.25) is 5.91 Å². The smallest absolute Gasteiger partial charge is 0.223 e. The Hall–Kier alpha value is -2.19. The molecule has 2 aliphatic rings. The molecule has 0 radical (unpaired) electrons. The van der Waals surface area contributed by atoms with Gasteiger partial charge in [0.1, 0.15) is 0 Å². The average Bonchev–Trinajstić information content (AvgIpc) is 3.19. The van der Waals surface area contributed by atoms with Crippen molar-refractivity contribution in [3.05, 3.63) is 34.4 Å². The molecule has 0 aliphatic carbocycles. The van der Waals surface area contributed by atoms with E-state index in [9.17, 15) is 9.90 Å². The number of nitrogens with one attached hydrogen (secondary N) is 1. The molecule has 4 heterocycles. The number of rotatable bonds is 4. The standard InChI is InChI=1S/C17H24N6O2/c1-21-16-4-6-22(10-14(16)15(11-24)20-21)17(25)3-2-12-8-13-9-18-5-7-23(13)19-12/h8,18,24H,2-7,9-11H2,1H3. The first-order chi connectivity index (χ1) is 12.2. The van der Waals surface area contributed by atoms with Crippen LogP contribution in [0.3, 0.4) is 0 Å². The van der Waals surface area contributed by atoms with Crippen LogP contribution in [0.15, 0.2) is 6.07 Å². The van der Waals surface area contributed by atoms with Gasteiger partial charge in [-0.05, 0) is 6.07 Å². The summed E-state index contributed by atoms with van der Waals surface area (Å²) >= 11 is 0. The number of aliphatic hydroxyl groups excluding tert-OH is 1. The third-order valence-corrected chi connectivity index (χ3v) is 5.14. The highest BCUT2D eigenvalue weighted by molar-refractivity contribution is 5.76. The average molecular weight is 344 g/mol. The predicted molar refractivity (Wildman–Crippen MR) is 90.5 cm³/mol. The molecule has 0 saturated heterocycles. The second kappa shape index (κ2) is 6.61. The second-order valence-electron chi connectivity index (χ2n) is 6.75. The van der Waals surface area contributed by atoms with Crippen LogP contribution < -0.4 is 5.32 Å². The Morgan fingerprint density at radius 1 is 1.36 bits per heavy atom. The Kier molecular flexibility index (Phi) is 4.30. The maximum atomic E-state index is 12.6. The lowest BCUT2D eigenvalue weighted by Gasteiger charge is -2.27. The molecular formula is C17H24N6O2. The lowest BCUT2D eigenvalue weighted by Crippen LogP contribution is -2.36. The van der Waals surface area contributed by atoms with Crippen molar-refractivity contribution in [2.45, 2.75) is 45.5 Å². The fourth-order valence-corrected chi connectivity index (χ4v) is 3.78. The summed E-state index contributed by atoms with van der Waals surface area (Å²) in [5.41, 5.74) is 5.00. The lowest BCUT2D eigenvalue weighted by molar-refractivity contribution is -0.132. The number of aliphatic hydroxyl groups is 1. The van der Waals surface area contributed by atoms with E-state index < -0.39 is 0 Å². The minimum Gasteiger partial charge on any atom is -0.390 e. The largest absolute Gasteiger partial charge is 0.390 e. The SMILES string of the molecule is Cn1nc(CO)c2c1CCN(C(=O)CCc1cc3n(n1)CCNC3)C2. The molecule has 2 aromatic heterocycles. The Balaban J connectivity index is 1.39. The highest BCUT2D eigenvalue weighted by Gasteiger charge is 2.26. The third kappa shape index (κ3) is 3.07. The van der Waals surface area contributed by atoms with Gasteiger partial charge in [-0.1, -0.05) is 0 Å². The van der Waals surface area contributed by atoms with Crippen LogP contribution in [0.1, 0.15) is 34.8 Å². The van der Waals surface area contributed by atoms with Crippen molar-refractivity contribution in [1.82, 2.24) is 29.8 Å². The zero-order valence-electron chi connectivity index (χ0n) is 14.5. The number of amides is 1. The zero-order chi connectivity index (χ0) is 17.4. The molecule has 2 aromatic rings. The first-order valence-electron chi connectivity index (χ1n) is 8.84. The van der Waals surface area contributed by atoms with Gasteiger partial charge < -0.3 is 15.3 Å². The summed E-state index contributed by atoms with van der Waals surface area (Å²) in [6.07, 6.45) is 1.92. The first kappa shape index (κ1) is 16.3. The summed E-state index contributed by atoms with van der Waals surface area (Å²) in [5.74, 6) is 0.141. The summed E-state index contributed by atoms with van der Waals surface area (Å²) in [6, 6.07) is 2.10. The molecule has 0 unspecified atom stereocenters. The Morgan fingerprint density at radius 3 is 3.04 bits per heavy atom. The van der Waals surface area contributed by atoms with E-state index in [1.54, 1.807) is 0 Å². The minimum absolute atomic E-state index is 0.0839. The van der Waals surface area contributed by atoms with Gasteiger partial charge in [-0.3, -0.25) is 14.2 Å². The molecule has 2 N–H and O–H groups in total. The molecular weight excluding hydrogens is 320 g/mol. The molecule has 0 bridgehead atoms. The predicted octanol–water partition coefficient (Wildman–Crippen LogP) is -0.270. The van der Waals surface area contributed by atoms with Gasteiger partial charge in [0.05, 0.1) is 30.2 Å². The number of carbonyl (C=O) groups excluding carboxylic acids is 1. The summed E-state index contributed by atoms with van der Waals surface area (Å²) < 4.78 is 3.86. The van der Waals surface area contributed by atoms with Crippen LogP contribution in [0.4, 0.5) is 0 Å². The van der Waals surface area contributed by atoms with Gasteiger partial charge >= 0.3 is 0 Å². The molecule has 134 valence electrons. The van der Waals surface area contributed by atoms with Crippen molar-refractivity contribution >= 4 is 5.91 Å². The molecule has 1 amide bonds. The van der Waals surface area contributed by atoms with Crippen molar-refractivity contribution < 1.29 is 9.90 Å². The number of aryl methyl sites for hydroxylation is 2. The van der Waals surface area contributed by atoms with Gasteiger partial charge in [-0.25, -0.2) is 0 Å². The Morgan fingerprint density at radius 2 is 2.24 bits per heavy atom. The fraction of sp³-hybridized carbons (Fsp3) is 0.588. The molecule has 8 nitrogen and oxygen atoms in total. The van der Waals surface area contributed by atoms with Gasteiger partial charge in [-0.2, -0.15) is 10.2 Å². The zero-order valence-corrected chi connectivity index (χ0v) is 14.5. The first-order valence-corrected chi connectivity index (χ1v) is 8.84. The van der Waals surface area contributed by atoms with Crippen LogP contribution in [-0.4, -0.2) is 48.6 Å². The van der Waals surface area contributed by atoms with Crippen molar-refractivity contribution in [2.24, 2.45) is 7.05 Å². The van der Waals surface area contributed by atoms with E-state index in [4.69, 9.17) is 0 Å². The van der Waals surface area contributed by atoms with Crippen LogP contribution >= 0.6 is 0 Å². The molecule has 0 spiro atoms. The number of hydrogen-bond donors (Lipinski definition) is 2. The molecule has 0 atom stereocenters. The van der Waals surface area contributed by atoms with Crippen LogP contribution in [-0.2, 0) is 50.9 Å². The molecule has 25 heavy (non-hydrogen) atoms. The van der Waals surface area contributed by atoms with Crippen molar-refractivity contribution in [1.29, 1.82) is 0 Å². The molecule has 4 rings (SSSR count). The van der Waals surface area contributed by atoms with Gasteiger partial charge in [0, 0.05) is 63.7 Å². The van der Waals surface area contributed by atoms with Crippen LogP contribution in [0, 0.1) is 0 Å². The molecule has 0 saturated carbocycles. The van der Waals surface area contributed by atoms with E-state index >= 15 is 0 Å². The summed E-state index contributed by atoms with van der Waals surface area (Å²) in [6.45, 7) is 3.85. The summed E-state index contributed by atoms with van der Waals surface area (Å²) in [7, 11) is 1.89. The molecule has 2 aliphatic heterocycles. The second-order valence-corrected chi connectivity index (χ2v) is 6.75. The molecule has 8 heteroatoms. The van der Waals surface area contributed by atoms with Gasteiger partial charge in [0.25, 0.3) is 0 Å². The van der Waals surface area contributed by atoms with Gasteiger partial charge in [0.15, 0.2) is 0 Å². The van der Waals surface area contributed by atoms with E-state index in [2.05, 4.69) is 21.6 Å². The summed E-state index contributed by atoms with van der Waals surface area (Å²) in [5, 5.41) is 21.7. The van der Waals surface area contributed by atoms with E-state index in [1.807, 2.05) is 21.3 Å². The number of fused-ring (bicyclic) bond motifs is 2. The Bertz CT molecular complexity index is 770. The van der Waals surface area contributed by atoms with E-state index in [0.717, 1.165) is 43.0 Å². The van der Waals surface area contributed by atoms with Crippen LogP contribution in [0.2, 0.25) is 0 Å². The van der Waals surface area contributed by atoms with E-state index in [-0.39, 0.29) is 12.5 Å². The van der Waals surface area contributed by atoms with Crippen molar-refractivity contribution in [3.63, 3.8) is 0 Å². The molecule has 0 aromatic carbocycles. The summed E-state index contributed by atoms with van der Waals surface area (Å²) in [4.78, 5) is 14.5. The number of nitrogens with zero attached hydrogens (tertiary/aromatic N) is 5. The van der Waals surface area contributed by atoms with Gasteiger partial charge in [-0.15, -0.1) is 0 Å². The maximum absolute atomic E-state index is 12.6. The highest BCUT2D eigenvalue weighted by Crippen LogP contribution is 2.23.